The maximum atomic E-state index is 9.52. The van der Waals surface area contributed by atoms with E-state index in [0.29, 0.717) is 5.56 Å². The molecule has 0 radical (unpaired) electrons. The van der Waals surface area contributed by atoms with Crippen LogP contribution in [0.1, 0.15) is 11.1 Å². The Hall–Kier alpha value is -2.58. The Morgan fingerprint density at radius 1 is 1.23 bits per heavy atom. The summed E-state index contributed by atoms with van der Waals surface area (Å²) in [5.41, 5.74) is 4.40. The lowest BCUT2D eigenvalue weighted by Crippen LogP contribution is -2.44. The van der Waals surface area contributed by atoms with E-state index in [1.54, 1.807) is 0 Å². The number of piperazine rings is 1. The summed E-state index contributed by atoms with van der Waals surface area (Å²) in [6, 6.07) is 12.5. The fourth-order valence-electron chi connectivity index (χ4n) is 3.20. The zero-order valence-electron chi connectivity index (χ0n) is 12.5. The van der Waals surface area contributed by atoms with Crippen LogP contribution in [0, 0.1) is 18.3 Å². The average molecular weight is 291 g/mol. The van der Waals surface area contributed by atoms with Gasteiger partial charge in [0.05, 0.1) is 16.6 Å². The Balaban J connectivity index is 2.09. The first-order valence-corrected chi connectivity index (χ1v) is 7.56. The number of anilines is 1. The molecule has 1 N–H and O–H groups in total. The Kier molecular flexibility index (Phi) is 2.98. The first-order valence-electron chi connectivity index (χ1n) is 7.56. The summed E-state index contributed by atoms with van der Waals surface area (Å²) in [7, 11) is 0. The summed E-state index contributed by atoms with van der Waals surface area (Å²) in [5, 5.41) is 12.9. The highest BCUT2D eigenvalue weighted by molar-refractivity contribution is 5.85. The van der Waals surface area contributed by atoms with E-state index in [1.165, 1.54) is 0 Å². The van der Waals surface area contributed by atoms with Crippen LogP contribution in [0.2, 0.25) is 0 Å². The molecule has 1 aromatic carbocycles. The standard InChI is InChI=1S/C17H17N5/c1-12-10-16(21-8-6-19-7-9-21)22-15-5-3-2-4-14(15)20-17(22)13(12)11-18/h2-5,10,19H,6-9H2,1H3. The van der Waals surface area contributed by atoms with Crippen molar-refractivity contribution in [3.8, 4) is 6.07 Å². The van der Waals surface area contributed by atoms with E-state index in [-0.39, 0.29) is 0 Å². The molecule has 0 aliphatic carbocycles. The maximum Gasteiger partial charge on any atom is 0.157 e. The highest BCUT2D eigenvalue weighted by atomic mass is 15.3. The number of rotatable bonds is 1. The molecule has 0 bridgehead atoms. The van der Waals surface area contributed by atoms with Gasteiger partial charge in [-0.3, -0.25) is 4.40 Å². The molecule has 2 aromatic heterocycles. The first kappa shape index (κ1) is 13.1. The Morgan fingerprint density at radius 3 is 2.77 bits per heavy atom. The molecule has 0 saturated carbocycles. The fraction of sp³-hybridized carbons (Fsp3) is 0.294. The summed E-state index contributed by atoms with van der Waals surface area (Å²) in [5.74, 6) is 1.13. The van der Waals surface area contributed by atoms with E-state index in [2.05, 4.69) is 32.8 Å². The van der Waals surface area contributed by atoms with Crippen molar-refractivity contribution < 1.29 is 0 Å². The highest BCUT2D eigenvalue weighted by Crippen LogP contribution is 2.28. The van der Waals surface area contributed by atoms with Gasteiger partial charge in [-0.25, -0.2) is 4.98 Å². The van der Waals surface area contributed by atoms with Gasteiger partial charge in [0, 0.05) is 26.2 Å². The normalized spacial score (nSPS) is 15.4. The molecular formula is C17H17N5. The third-order valence-electron chi connectivity index (χ3n) is 4.31. The van der Waals surface area contributed by atoms with Gasteiger partial charge >= 0.3 is 0 Å². The van der Waals surface area contributed by atoms with E-state index in [1.807, 2.05) is 25.1 Å². The Bertz CT molecular complexity index is 897. The molecule has 1 aliphatic rings. The molecule has 3 aromatic rings. The van der Waals surface area contributed by atoms with Gasteiger partial charge in [0.2, 0.25) is 0 Å². The fourth-order valence-corrected chi connectivity index (χ4v) is 3.20. The SMILES string of the molecule is Cc1cc(N2CCNCC2)n2c(nc3ccccc32)c1C#N. The third kappa shape index (κ3) is 1.85. The molecule has 1 saturated heterocycles. The molecule has 3 heterocycles. The van der Waals surface area contributed by atoms with Gasteiger partial charge in [0.15, 0.2) is 5.65 Å². The lowest BCUT2D eigenvalue weighted by Gasteiger charge is -2.30. The molecule has 4 rings (SSSR count). The third-order valence-corrected chi connectivity index (χ3v) is 4.31. The van der Waals surface area contributed by atoms with Crippen LogP contribution in [0.15, 0.2) is 30.3 Å². The van der Waals surface area contributed by atoms with Crippen LogP contribution >= 0.6 is 0 Å². The van der Waals surface area contributed by atoms with Crippen molar-refractivity contribution in [2.45, 2.75) is 6.92 Å². The molecule has 0 unspecified atom stereocenters. The van der Waals surface area contributed by atoms with E-state index >= 15 is 0 Å². The smallest absolute Gasteiger partial charge is 0.157 e. The molecule has 1 fully saturated rings. The molecule has 0 atom stereocenters. The van der Waals surface area contributed by atoms with Crippen molar-refractivity contribution in [2.75, 3.05) is 31.1 Å². The zero-order valence-corrected chi connectivity index (χ0v) is 12.5. The van der Waals surface area contributed by atoms with Gasteiger partial charge < -0.3 is 10.2 Å². The van der Waals surface area contributed by atoms with Crippen LogP contribution in [0.25, 0.3) is 16.7 Å². The van der Waals surface area contributed by atoms with Crippen LogP contribution < -0.4 is 10.2 Å². The number of hydrogen-bond donors (Lipinski definition) is 1. The number of hydrogen-bond acceptors (Lipinski definition) is 4. The summed E-state index contributed by atoms with van der Waals surface area (Å²) in [6.07, 6.45) is 0. The lowest BCUT2D eigenvalue weighted by molar-refractivity contribution is 0.583. The van der Waals surface area contributed by atoms with Crippen molar-refractivity contribution in [1.82, 2.24) is 14.7 Å². The van der Waals surface area contributed by atoms with Gasteiger partial charge in [-0.05, 0) is 30.7 Å². The number of aryl methyl sites for hydroxylation is 1. The van der Waals surface area contributed by atoms with Crippen molar-refractivity contribution in [1.29, 1.82) is 5.26 Å². The quantitative estimate of drug-likeness (QED) is 0.746. The summed E-state index contributed by atoms with van der Waals surface area (Å²) in [4.78, 5) is 7.07. The molecular weight excluding hydrogens is 274 g/mol. The van der Waals surface area contributed by atoms with Crippen molar-refractivity contribution in [2.24, 2.45) is 0 Å². The van der Waals surface area contributed by atoms with Crippen molar-refractivity contribution in [3.63, 3.8) is 0 Å². The lowest BCUT2D eigenvalue weighted by atomic mass is 10.1. The number of fused-ring (bicyclic) bond motifs is 3. The minimum Gasteiger partial charge on any atom is -0.355 e. The average Bonchev–Trinajstić information content (AvgIpc) is 2.94. The number of nitrogens with one attached hydrogen (secondary N) is 1. The van der Waals surface area contributed by atoms with Crippen LogP contribution in [-0.4, -0.2) is 35.6 Å². The maximum absolute atomic E-state index is 9.52. The summed E-state index contributed by atoms with van der Waals surface area (Å²) in [6.45, 7) is 5.88. The molecule has 5 heteroatoms. The molecule has 22 heavy (non-hydrogen) atoms. The van der Waals surface area contributed by atoms with Crippen LogP contribution in [0.5, 0.6) is 0 Å². The summed E-state index contributed by atoms with van der Waals surface area (Å²) < 4.78 is 2.13. The number of nitriles is 1. The second kappa shape index (κ2) is 5.00. The van der Waals surface area contributed by atoms with Gasteiger partial charge in [-0.15, -0.1) is 0 Å². The van der Waals surface area contributed by atoms with Gasteiger partial charge in [0.1, 0.15) is 11.9 Å². The van der Waals surface area contributed by atoms with E-state index in [0.717, 1.165) is 54.2 Å². The molecule has 110 valence electrons. The number of pyridine rings is 1. The predicted octanol–water partition coefficient (Wildman–Crippen LogP) is 2.08. The van der Waals surface area contributed by atoms with Gasteiger partial charge in [-0.1, -0.05) is 12.1 Å². The van der Waals surface area contributed by atoms with Crippen LogP contribution in [0.4, 0.5) is 5.82 Å². The second-order valence-corrected chi connectivity index (χ2v) is 5.67. The van der Waals surface area contributed by atoms with E-state index in [4.69, 9.17) is 4.98 Å². The first-order chi connectivity index (χ1) is 10.8. The van der Waals surface area contributed by atoms with E-state index in [9.17, 15) is 5.26 Å². The monoisotopic (exact) mass is 291 g/mol. The van der Waals surface area contributed by atoms with Crippen LogP contribution in [-0.2, 0) is 0 Å². The topological polar surface area (TPSA) is 56.4 Å². The molecule has 0 spiro atoms. The Morgan fingerprint density at radius 2 is 2.00 bits per heavy atom. The van der Waals surface area contributed by atoms with Gasteiger partial charge in [0.25, 0.3) is 0 Å². The van der Waals surface area contributed by atoms with Crippen molar-refractivity contribution >= 4 is 22.5 Å². The summed E-state index contributed by atoms with van der Waals surface area (Å²) >= 11 is 0. The number of benzene rings is 1. The number of nitrogens with zero attached hydrogens (tertiary/aromatic N) is 4. The minimum atomic E-state index is 0.662. The van der Waals surface area contributed by atoms with Crippen LogP contribution in [0.3, 0.4) is 0 Å². The van der Waals surface area contributed by atoms with E-state index < -0.39 is 0 Å². The van der Waals surface area contributed by atoms with Crippen molar-refractivity contribution in [3.05, 3.63) is 41.5 Å². The number of aromatic nitrogens is 2. The minimum absolute atomic E-state index is 0.662. The highest BCUT2D eigenvalue weighted by Gasteiger charge is 2.19. The Labute approximate surface area is 128 Å². The van der Waals surface area contributed by atoms with Gasteiger partial charge in [-0.2, -0.15) is 5.26 Å². The molecule has 1 aliphatic heterocycles. The molecule has 5 nitrogen and oxygen atoms in total. The molecule has 0 amide bonds. The largest absolute Gasteiger partial charge is 0.355 e. The number of para-hydroxylation sites is 2. The second-order valence-electron chi connectivity index (χ2n) is 5.67. The zero-order chi connectivity index (χ0) is 15.1. The predicted molar refractivity (Wildman–Crippen MR) is 87.2 cm³/mol. The number of imidazole rings is 1.